The lowest BCUT2D eigenvalue weighted by molar-refractivity contribution is 0.249. The van der Waals surface area contributed by atoms with E-state index in [0.717, 1.165) is 17.0 Å². The highest BCUT2D eigenvalue weighted by atomic mass is 32.2. The van der Waals surface area contributed by atoms with Crippen molar-refractivity contribution in [2.24, 2.45) is 5.92 Å². The SMILES string of the molecule is CC(C)C1CN(c2ccc(Oc3ccc(S(=O)(=O)Nc4nccs4)cc3C#N)cc2)C(=O)N1. The fourth-order valence-corrected chi connectivity index (χ4v) is 5.10. The van der Waals surface area contributed by atoms with Crippen molar-refractivity contribution in [3.63, 3.8) is 0 Å². The molecule has 170 valence electrons. The van der Waals surface area contributed by atoms with Gasteiger partial charge in [0.15, 0.2) is 5.13 Å². The molecule has 11 heteroatoms. The predicted octanol–water partition coefficient (Wildman–Crippen LogP) is 4.16. The number of anilines is 2. The summed E-state index contributed by atoms with van der Waals surface area (Å²) < 4.78 is 33.3. The number of carbonyl (C=O) groups is 1. The molecule has 9 nitrogen and oxygen atoms in total. The summed E-state index contributed by atoms with van der Waals surface area (Å²) in [6.45, 7) is 4.70. The number of ether oxygens (including phenoxy) is 1. The van der Waals surface area contributed by atoms with Gasteiger partial charge >= 0.3 is 6.03 Å². The van der Waals surface area contributed by atoms with E-state index in [-0.39, 0.29) is 33.4 Å². The van der Waals surface area contributed by atoms with E-state index in [0.29, 0.717) is 18.2 Å². The van der Waals surface area contributed by atoms with Crippen molar-refractivity contribution in [1.29, 1.82) is 5.26 Å². The second kappa shape index (κ2) is 9.09. The number of benzene rings is 2. The average Bonchev–Trinajstić information content (AvgIpc) is 3.43. The van der Waals surface area contributed by atoms with E-state index < -0.39 is 10.0 Å². The maximum atomic E-state index is 12.6. The molecule has 2 aromatic carbocycles. The Morgan fingerprint density at radius 2 is 2.03 bits per heavy atom. The van der Waals surface area contributed by atoms with Gasteiger partial charge in [0.1, 0.15) is 17.6 Å². The van der Waals surface area contributed by atoms with Gasteiger partial charge in [-0.15, -0.1) is 11.3 Å². The average molecular weight is 484 g/mol. The highest BCUT2D eigenvalue weighted by molar-refractivity contribution is 7.93. The number of nitrogens with one attached hydrogen (secondary N) is 2. The fourth-order valence-electron chi connectivity index (χ4n) is 3.28. The highest BCUT2D eigenvalue weighted by Gasteiger charge is 2.31. The number of rotatable bonds is 7. The van der Waals surface area contributed by atoms with E-state index in [1.54, 1.807) is 34.5 Å². The Kier molecular flexibility index (Phi) is 6.22. The molecule has 0 radical (unpaired) electrons. The number of thiazole rings is 1. The minimum Gasteiger partial charge on any atom is -0.456 e. The topological polar surface area (TPSA) is 124 Å². The predicted molar refractivity (Wildman–Crippen MR) is 125 cm³/mol. The third-order valence-electron chi connectivity index (χ3n) is 5.15. The lowest BCUT2D eigenvalue weighted by Crippen LogP contribution is -2.31. The van der Waals surface area contributed by atoms with Crippen molar-refractivity contribution in [3.8, 4) is 17.6 Å². The lowest BCUT2D eigenvalue weighted by Gasteiger charge is -2.17. The Morgan fingerprint density at radius 3 is 2.64 bits per heavy atom. The van der Waals surface area contributed by atoms with Gasteiger partial charge in [0.2, 0.25) is 0 Å². The Morgan fingerprint density at radius 1 is 1.27 bits per heavy atom. The quantitative estimate of drug-likeness (QED) is 0.520. The van der Waals surface area contributed by atoms with Gasteiger partial charge < -0.3 is 10.1 Å². The third-order valence-corrected chi connectivity index (χ3v) is 7.30. The van der Waals surface area contributed by atoms with Gasteiger partial charge in [-0.3, -0.25) is 9.62 Å². The van der Waals surface area contributed by atoms with Gasteiger partial charge in [0, 0.05) is 23.8 Å². The molecule has 2 heterocycles. The van der Waals surface area contributed by atoms with Crippen molar-refractivity contribution in [2.75, 3.05) is 16.2 Å². The second-order valence-corrected chi connectivity index (χ2v) is 10.3. The molecule has 0 spiro atoms. The molecule has 1 aromatic heterocycles. The first-order valence-corrected chi connectivity index (χ1v) is 12.5. The van der Waals surface area contributed by atoms with Crippen LogP contribution in [0, 0.1) is 17.2 Å². The number of nitriles is 1. The summed E-state index contributed by atoms with van der Waals surface area (Å²) in [5.41, 5.74) is 0.804. The van der Waals surface area contributed by atoms with Gasteiger partial charge in [-0.1, -0.05) is 13.8 Å². The van der Waals surface area contributed by atoms with Crippen LogP contribution in [0.3, 0.4) is 0 Å². The smallest absolute Gasteiger partial charge is 0.322 e. The molecule has 1 saturated heterocycles. The van der Waals surface area contributed by atoms with Crippen LogP contribution in [0.4, 0.5) is 15.6 Å². The third kappa shape index (κ3) is 4.92. The number of sulfonamides is 1. The zero-order valence-electron chi connectivity index (χ0n) is 17.8. The van der Waals surface area contributed by atoms with Gasteiger partial charge in [-0.05, 0) is 48.4 Å². The Labute approximate surface area is 195 Å². The molecule has 1 aliphatic heterocycles. The highest BCUT2D eigenvalue weighted by Crippen LogP contribution is 2.30. The normalized spacial score (nSPS) is 15.9. The molecule has 1 atom stereocenters. The molecule has 2 amide bonds. The second-order valence-electron chi connectivity index (χ2n) is 7.72. The standard InChI is InChI=1S/C22H21N5O4S2/c1-14(2)19-13-27(22(28)25-19)16-3-5-17(6-4-16)31-20-8-7-18(11-15(20)12-23)33(29,30)26-21-24-9-10-32-21/h3-11,14,19H,13H2,1-2H3,(H,24,26)(H,25,28). The van der Waals surface area contributed by atoms with Crippen LogP contribution < -0.4 is 19.7 Å². The van der Waals surface area contributed by atoms with Gasteiger partial charge in [0.25, 0.3) is 10.0 Å². The first-order chi connectivity index (χ1) is 15.8. The van der Waals surface area contributed by atoms with Crippen molar-refractivity contribution in [3.05, 3.63) is 59.6 Å². The summed E-state index contributed by atoms with van der Waals surface area (Å²) in [6, 6.07) is 12.9. The van der Waals surface area contributed by atoms with E-state index in [1.165, 1.54) is 24.4 Å². The number of carbonyl (C=O) groups excluding carboxylic acids is 1. The summed E-state index contributed by atoms with van der Waals surface area (Å²) >= 11 is 1.15. The van der Waals surface area contributed by atoms with Crippen molar-refractivity contribution < 1.29 is 17.9 Å². The molecule has 33 heavy (non-hydrogen) atoms. The molecule has 0 saturated carbocycles. The summed E-state index contributed by atoms with van der Waals surface area (Å²) in [5, 5.41) is 14.4. The number of nitrogens with zero attached hydrogens (tertiary/aromatic N) is 3. The van der Waals surface area contributed by atoms with Crippen LogP contribution in [-0.4, -0.2) is 32.0 Å². The van der Waals surface area contributed by atoms with Crippen LogP contribution in [0.5, 0.6) is 11.5 Å². The number of hydrogen-bond acceptors (Lipinski definition) is 7. The number of urea groups is 1. The molecule has 4 rings (SSSR count). The van der Waals surface area contributed by atoms with Crippen molar-refractivity contribution in [2.45, 2.75) is 24.8 Å². The number of aromatic nitrogens is 1. The largest absolute Gasteiger partial charge is 0.456 e. The van der Waals surface area contributed by atoms with E-state index in [4.69, 9.17) is 4.74 Å². The Hall–Kier alpha value is -3.62. The Balaban J connectivity index is 1.50. The van der Waals surface area contributed by atoms with Crippen LogP contribution in [0.15, 0.2) is 58.9 Å². The van der Waals surface area contributed by atoms with Crippen molar-refractivity contribution in [1.82, 2.24) is 10.3 Å². The molecule has 0 aliphatic carbocycles. The number of hydrogen-bond donors (Lipinski definition) is 2. The molecular formula is C22H21N5O4S2. The van der Waals surface area contributed by atoms with E-state index in [1.807, 2.05) is 6.07 Å². The van der Waals surface area contributed by atoms with Gasteiger partial charge in [0.05, 0.1) is 16.5 Å². The number of amides is 2. The molecular weight excluding hydrogens is 462 g/mol. The van der Waals surface area contributed by atoms with Gasteiger partial charge in [-0.2, -0.15) is 5.26 Å². The summed E-state index contributed by atoms with van der Waals surface area (Å²) in [7, 11) is -3.89. The maximum Gasteiger partial charge on any atom is 0.322 e. The minimum absolute atomic E-state index is 0.0692. The zero-order valence-corrected chi connectivity index (χ0v) is 19.5. The van der Waals surface area contributed by atoms with Crippen LogP contribution in [0.25, 0.3) is 0 Å². The van der Waals surface area contributed by atoms with Gasteiger partial charge in [-0.25, -0.2) is 18.2 Å². The fraction of sp³-hybridized carbons (Fsp3) is 0.227. The summed E-state index contributed by atoms with van der Waals surface area (Å²) in [5.74, 6) is 0.999. The van der Waals surface area contributed by atoms with Crippen LogP contribution in [0.2, 0.25) is 0 Å². The maximum absolute atomic E-state index is 12.6. The molecule has 1 fully saturated rings. The van der Waals surface area contributed by atoms with Crippen LogP contribution in [0.1, 0.15) is 19.4 Å². The molecule has 2 N–H and O–H groups in total. The van der Waals surface area contributed by atoms with E-state index >= 15 is 0 Å². The monoisotopic (exact) mass is 483 g/mol. The molecule has 1 unspecified atom stereocenters. The van der Waals surface area contributed by atoms with E-state index in [9.17, 15) is 18.5 Å². The van der Waals surface area contributed by atoms with Crippen LogP contribution >= 0.6 is 11.3 Å². The molecule has 3 aromatic rings. The summed E-state index contributed by atoms with van der Waals surface area (Å²) in [6.07, 6.45) is 1.49. The molecule has 1 aliphatic rings. The van der Waals surface area contributed by atoms with Crippen molar-refractivity contribution >= 4 is 38.2 Å². The van der Waals surface area contributed by atoms with E-state index in [2.05, 4.69) is 28.9 Å². The Bertz CT molecular complexity index is 1300. The molecule has 0 bridgehead atoms. The van der Waals surface area contributed by atoms with Crippen LogP contribution in [-0.2, 0) is 10.0 Å². The minimum atomic E-state index is -3.89. The first-order valence-electron chi connectivity index (χ1n) is 10.1. The lowest BCUT2D eigenvalue weighted by atomic mass is 10.1. The summed E-state index contributed by atoms with van der Waals surface area (Å²) in [4.78, 5) is 17.8. The zero-order chi connectivity index (χ0) is 23.6. The first kappa shape index (κ1) is 22.6.